The van der Waals surface area contributed by atoms with E-state index in [-0.39, 0.29) is 17.7 Å². The van der Waals surface area contributed by atoms with Crippen LogP contribution in [0.4, 0.5) is 0 Å². The molecule has 0 unspecified atom stereocenters. The van der Waals surface area contributed by atoms with E-state index < -0.39 is 0 Å². The Morgan fingerprint density at radius 3 is 2.47 bits per heavy atom. The van der Waals surface area contributed by atoms with E-state index in [0.717, 1.165) is 30.4 Å². The standard InChI is InChI=1S/C25H29N5O2/c31-24(10-9-20-5-2-1-3-6-20)29-13-11-23(12-14-29)25(32)27-16-21-7-4-8-22(15-21)17-30-19-26-18-28-30/h1-8,15,18-19,23H,9-14,16-17H2,(H,27,32). The molecule has 2 heterocycles. The maximum atomic E-state index is 12.7. The van der Waals surface area contributed by atoms with Gasteiger partial charge in [-0.05, 0) is 36.0 Å². The molecule has 1 fully saturated rings. The summed E-state index contributed by atoms with van der Waals surface area (Å²) < 4.78 is 1.77. The SMILES string of the molecule is O=C(NCc1cccc(Cn2cncn2)c1)C1CCN(C(=O)CCc2ccccc2)CC1. The highest BCUT2D eigenvalue weighted by Crippen LogP contribution is 2.19. The quantitative estimate of drug-likeness (QED) is 0.595. The average molecular weight is 432 g/mol. The van der Waals surface area contributed by atoms with Crippen molar-refractivity contribution in [2.24, 2.45) is 5.92 Å². The zero-order valence-electron chi connectivity index (χ0n) is 18.2. The van der Waals surface area contributed by atoms with Gasteiger partial charge in [-0.2, -0.15) is 5.10 Å². The summed E-state index contributed by atoms with van der Waals surface area (Å²) >= 11 is 0. The van der Waals surface area contributed by atoms with Crippen LogP contribution in [0.15, 0.2) is 67.3 Å². The molecule has 1 aliphatic rings. The molecule has 7 nitrogen and oxygen atoms in total. The van der Waals surface area contributed by atoms with Crippen molar-refractivity contribution in [1.82, 2.24) is 25.0 Å². The Morgan fingerprint density at radius 2 is 1.72 bits per heavy atom. The third-order valence-electron chi connectivity index (χ3n) is 5.96. The predicted molar refractivity (Wildman–Crippen MR) is 121 cm³/mol. The Bertz CT molecular complexity index is 1010. The highest BCUT2D eigenvalue weighted by atomic mass is 16.2. The molecule has 1 aliphatic heterocycles. The molecule has 32 heavy (non-hydrogen) atoms. The van der Waals surface area contributed by atoms with Crippen molar-refractivity contribution in [1.29, 1.82) is 0 Å². The molecule has 1 aromatic heterocycles. The molecule has 7 heteroatoms. The van der Waals surface area contributed by atoms with E-state index in [2.05, 4.69) is 21.5 Å². The molecular formula is C25H29N5O2. The molecular weight excluding hydrogens is 402 g/mol. The lowest BCUT2D eigenvalue weighted by molar-refractivity contribution is -0.135. The van der Waals surface area contributed by atoms with Gasteiger partial charge >= 0.3 is 0 Å². The van der Waals surface area contributed by atoms with Crippen molar-refractivity contribution in [2.45, 2.75) is 38.8 Å². The Labute approximate surface area is 188 Å². The fraction of sp³-hybridized carbons (Fsp3) is 0.360. The summed E-state index contributed by atoms with van der Waals surface area (Å²) in [5, 5.41) is 7.20. The van der Waals surface area contributed by atoms with Gasteiger partial charge in [0.15, 0.2) is 0 Å². The number of benzene rings is 2. The number of piperidine rings is 1. The van der Waals surface area contributed by atoms with Crippen LogP contribution in [0.1, 0.15) is 36.0 Å². The van der Waals surface area contributed by atoms with Gasteiger partial charge in [0.1, 0.15) is 12.7 Å². The van der Waals surface area contributed by atoms with Gasteiger partial charge in [-0.3, -0.25) is 9.59 Å². The van der Waals surface area contributed by atoms with Crippen LogP contribution in [0, 0.1) is 5.92 Å². The van der Waals surface area contributed by atoms with Crippen molar-refractivity contribution in [3.8, 4) is 0 Å². The number of amides is 2. The van der Waals surface area contributed by atoms with Crippen molar-refractivity contribution in [2.75, 3.05) is 13.1 Å². The molecule has 3 aromatic rings. The molecule has 2 amide bonds. The number of hydrogen-bond acceptors (Lipinski definition) is 4. The number of rotatable bonds is 8. The van der Waals surface area contributed by atoms with Crippen LogP contribution in [0.3, 0.4) is 0 Å². The second-order valence-electron chi connectivity index (χ2n) is 8.27. The molecule has 2 aromatic carbocycles. The molecule has 0 spiro atoms. The summed E-state index contributed by atoms with van der Waals surface area (Å²) in [6.07, 6.45) is 5.92. The van der Waals surface area contributed by atoms with Crippen molar-refractivity contribution < 1.29 is 9.59 Å². The zero-order chi connectivity index (χ0) is 22.2. The first-order valence-corrected chi connectivity index (χ1v) is 11.2. The van der Waals surface area contributed by atoms with Gasteiger partial charge in [-0.25, -0.2) is 9.67 Å². The van der Waals surface area contributed by atoms with Crippen molar-refractivity contribution >= 4 is 11.8 Å². The van der Waals surface area contributed by atoms with Gasteiger partial charge in [0.2, 0.25) is 11.8 Å². The Kier molecular flexibility index (Phi) is 7.27. The van der Waals surface area contributed by atoms with E-state index in [9.17, 15) is 9.59 Å². The van der Waals surface area contributed by atoms with Crippen LogP contribution in [0.2, 0.25) is 0 Å². The molecule has 0 atom stereocenters. The van der Waals surface area contributed by atoms with E-state index in [1.54, 1.807) is 11.0 Å². The largest absolute Gasteiger partial charge is 0.352 e. The minimum atomic E-state index is -0.0356. The van der Waals surface area contributed by atoms with Crippen molar-refractivity contribution in [3.05, 3.63) is 83.9 Å². The van der Waals surface area contributed by atoms with Gasteiger partial charge in [-0.15, -0.1) is 0 Å². The fourth-order valence-corrected chi connectivity index (χ4v) is 4.12. The number of likely N-dealkylation sites (tertiary alicyclic amines) is 1. The predicted octanol–water partition coefficient (Wildman–Crippen LogP) is 2.81. The second kappa shape index (κ2) is 10.7. The maximum Gasteiger partial charge on any atom is 0.223 e. The fourth-order valence-electron chi connectivity index (χ4n) is 4.12. The molecule has 0 radical (unpaired) electrons. The number of aromatic nitrogens is 3. The molecule has 0 saturated carbocycles. The monoisotopic (exact) mass is 431 g/mol. The minimum Gasteiger partial charge on any atom is -0.352 e. The van der Waals surface area contributed by atoms with Crippen LogP contribution >= 0.6 is 0 Å². The van der Waals surface area contributed by atoms with Crippen LogP contribution in [-0.4, -0.2) is 44.6 Å². The zero-order valence-corrected chi connectivity index (χ0v) is 18.2. The molecule has 1 saturated heterocycles. The highest BCUT2D eigenvalue weighted by molar-refractivity contribution is 5.80. The second-order valence-corrected chi connectivity index (χ2v) is 8.27. The van der Waals surface area contributed by atoms with Gasteiger partial charge in [0.25, 0.3) is 0 Å². The van der Waals surface area contributed by atoms with Crippen LogP contribution in [0.25, 0.3) is 0 Å². The van der Waals surface area contributed by atoms with E-state index in [1.165, 1.54) is 11.9 Å². The first-order valence-electron chi connectivity index (χ1n) is 11.2. The highest BCUT2D eigenvalue weighted by Gasteiger charge is 2.27. The van der Waals surface area contributed by atoms with Gasteiger partial charge < -0.3 is 10.2 Å². The topological polar surface area (TPSA) is 80.1 Å². The summed E-state index contributed by atoms with van der Waals surface area (Å²) in [5.41, 5.74) is 3.36. The minimum absolute atomic E-state index is 0.0356. The van der Waals surface area contributed by atoms with Crippen LogP contribution < -0.4 is 5.32 Å². The Hall–Kier alpha value is -3.48. The lowest BCUT2D eigenvalue weighted by Crippen LogP contribution is -2.43. The number of nitrogens with one attached hydrogen (secondary N) is 1. The first-order chi connectivity index (χ1) is 15.7. The Morgan fingerprint density at radius 1 is 0.969 bits per heavy atom. The smallest absolute Gasteiger partial charge is 0.223 e. The molecule has 4 rings (SSSR count). The number of nitrogens with zero attached hydrogens (tertiary/aromatic N) is 4. The third kappa shape index (κ3) is 6.03. The molecule has 1 N–H and O–H groups in total. The molecule has 0 bridgehead atoms. The lowest BCUT2D eigenvalue weighted by atomic mass is 9.95. The van der Waals surface area contributed by atoms with Gasteiger partial charge in [0, 0.05) is 32.0 Å². The normalized spacial score (nSPS) is 14.3. The summed E-state index contributed by atoms with van der Waals surface area (Å²) in [6, 6.07) is 18.2. The molecule has 0 aliphatic carbocycles. The van der Waals surface area contributed by atoms with Crippen LogP contribution in [-0.2, 0) is 29.1 Å². The Balaban J connectivity index is 1.20. The first kappa shape index (κ1) is 21.7. The van der Waals surface area contributed by atoms with E-state index in [1.807, 2.05) is 53.4 Å². The number of aryl methyl sites for hydroxylation is 1. The number of hydrogen-bond donors (Lipinski definition) is 1. The van der Waals surface area contributed by atoms with Crippen LogP contribution in [0.5, 0.6) is 0 Å². The van der Waals surface area contributed by atoms with Gasteiger partial charge in [0.05, 0.1) is 6.54 Å². The average Bonchev–Trinajstić information content (AvgIpc) is 3.35. The summed E-state index contributed by atoms with van der Waals surface area (Å²) in [7, 11) is 0. The number of carbonyl (C=O) groups excluding carboxylic acids is 2. The third-order valence-corrected chi connectivity index (χ3v) is 5.96. The van der Waals surface area contributed by atoms with E-state index in [0.29, 0.717) is 32.6 Å². The number of carbonyl (C=O) groups is 2. The summed E-state index contributed by atoms with van der Waals surface area (Å²) in [4.78, 5) is 31.0. The van der Waals surface area contributed by atoms with E-state index >= 15 is 0 Å². The van der Waals surface area contributed by atoms with Crippen molar-refractivity contribution in [3.63, 3.8) is 0 Å². The summed E-state index contributed by atoms with van der Waals surface area (Å²) in [6.45, 7) is 2.46. The van der Waals surface area contributed by atoms with Gasteiger partial charge in [-0.1, -0.05) is 54.6 Å². The van der Waals surface area contributed by atoms with E-state index in [4.69, 9.17) is 0 Å². The molecule has 166 valence electrons. The lowest BCUT2D eigenvalue weighted by Gasteiger charge is -2.31. The maximum absolute atomic E-state index is 12.7. The summed E-state index contributed by atoms with van der Waals surface area (Å²) in [5.74, 6) is 0.214.